The number of hydrogen-bond acceptors (Lipinski definition) is 5. The summed E-state index contributed by atoms with van der Waals surface area (Å²) >= 11 is 0. The van der Waals surface area contributed by atoms with Gasteiger partial charge in [-0.05, 0) is 18.9 Å². The van der Waals surface area contributed by atoms with Crippen LogP contribution in [0.5, 0.6) is 0 Å². The van der Waals surface area contributed by atoms with Crippen molar-refractivity contribution in [3.05, 3.63) is 18.0 Å². The SMILES string of the molecule is COC(OC)c1ccnc(N2CCCC2)n1. The Bertz CT molecular complexity index is 319. The third kappa shape index (κ3) is 2.31. The molecule has 5 nitrogen and oxygen atoms in total. The molecule has 88 valence electrons. The van der Waals surface area contributed by atoms with Crippen molar-refractivity contribution in [1.29, 1.82) is 0 Å². The maximum Gasteiger partial charge on any atom is 0.225 e. The van der Waals surface area contributed by atoms with Gasteiger partial charge in [0.15, 0.2) is 0 Å². The number of anilines is 1. The van der Waals surface area contributed by atoms with Crippen molar-refractivity contribution >= 4 is 5.95 Å². The molecule has 0 saturated carbocycles. The molecular formula is C11H17N3O2. The van der Waals surface area contributed by atoms with Crippen LogP contribution in [0.4, 0.5) is 5.95 Å². The van der Waals surface area contributed by atoms with Gasteiger partial charge in [-0.1, -0.05) is 0 Å². The van der Waals surface area contributed by atoms with E-state index in [4.69, 9.17) is 9.47 Å². The molecule has 2 heterocycles. The van der Waals surface area contributed by atoms with E-state index in [1.165, 1.54) is 12.8 Å². The molecule has 0 amide bonds. The van der Waals surface area contributed by atoms with Crippen LogP contribution < -0.4 is 4.90 Å². The zero-order chi connectivity index (χ0) is 11.4. The van der Waals surface area contributed by atoms with E-state index in [9.17, 15) is 0 Å². The lowest BCUT2D eigenvalue weighted by atomic mass is 10.4. The molecule has 0 N–H and O–H groups in total. The zero-order valence-electron chi connectivity index (χ0n) is 9.72. The molecule has 0 radical (unpaired) electrons. The molecule has 1 aliphatic heterocycles. The molecule has 1 saturated heterocycles. The fourth-order valence-electron chi connectivity index (χ4n) is 1.90. The van der Waals surface area contributed by atoms with Crippen molar-refractivity contribution in [2.24, 2.45) is 0 Å². The van der Waals surface area contributed by atoms with Gasteiger partial charge < -0.3 is 14.4 Å². The summed E-state index contributed by atoms with van der Waals surface area (Å²) in [5, 5.41) is 0. The number of hydrogen-bond donors (Lipinski definition) is 0. The van der Waals surface area contributed by atoms with Gasteiger partial charge in [0.1, 0.15) is 5.69 Å². The number of aromatic nitrogens is 2. The maximum atomic E-state index is 5.17. The number of ether oxygens (including phenoxy) is 2. The van der Waals surface area contributed by atoms with E-state index in [-0.39, 0.29) is 0 Å². The molecule has 0 unspecified atom stereocenters. The fraction of sp³-hybridized carbons (Fsp3) is 0.636. The Morgan fingerprint density at radius 3 is 2.56 bits per heavy atom. The molecule has 1 aromatic rings. The van der Waals surface area contributed by atoms with Crippen LogP contribution >= 0.6 is 0 Å². The summed E-state index contributed by atoms with van der Waals surface area (Å²) < 4.78 is 10.3. The van der Waals surface area contributed by atoms with Crippen molar-refractivity contribution in [2.75, 3.05) is 32.2 Å². The molecule has 1 aliphatic rings. The minimum absolute atomic E-state index is 0.413. The average molecular weight is 223 g/mol. The molecule has 0 atom stereocenters. The summed E-state index contributed by atoms with van der Waals surface area (Å²) in [6, 6.07) is 1.82. The van der Waals surface area contributed by atoms with Crippen LogP contribution in [0.3, 0.4) is 0 Å². The first-order valence-electron chi connectivity index (χ1n) is 5.48. The largest absolute Gasteiger partial charge is 0.350 e. The smallest absolute Gasteiger partial charge is 0.225 e. The fourth-order valence-corrected chi connectivity index (χ4v) is 1.90. The molecule has 0 spiro atoms. The van der Waals surface area contributed by atoms with Gasteiger partial charge in [-0.15, -0.1) is 0 Å². The second kappa shape index (κ2) is 5.23. The first-order chi connectivity index (χ1) is 7.85. The van der Waals surface area contributed by atoms with Crippen LogP contribution in [0, 0.1) is 0 Å². The molecular weight excluding hydrogens is 206 g/mol. The van der Waals surface area contributed by atoms with E-state index in [0.717, 1.165) is 24.7 Å². The second-order valence-electron chi connectivity index (χ2n) is 3.78. The minimum atomic E-state index is -0.413. The van der Waals surface area contributed by atoms with E-state index >= 15 is 0 Å². The topological polar surface area (TPSA) is 47.5 Å². The van der Waals surface area contributed by atoms with Crippen LogP contribution in [0.25, 0.3) is 0 Å². The Kier molecular flexibility index (Phi) is 3.69. The first-order valence-corrected chi connectivity index (χ1v) is 5.48. The molecule has 0 aromatic carbocycles. The minimum Gasteiger partial charge on any atom is -0.350 e. The summed E-state index contributed by atoms with van der Waals surface area (Å²) in [5.41, 5.74) is 0.766. The van der Waals surface area contributed by atoms with Crippen LogP contribution in [0.2, 0.25) is 0 Å². The van der Waals surface area contributed by atoms with E-state index in [1.54, 1.807) is 20.4 Å². The Balaban J connectivity index is 2.18. The predicted octanol–water partition coefficient (Wildman–Crippen LogP) is 1.37. The van der Waals surface area contributed by atoms with Gasteiger partial charge in [-0.25, -0.2) is 9.97 Å². The van der Waals surface area contributed by atoms with Crippen molar-refractivity contribution < 1.29 is 9.47 Å². The van der Waals surface area contributed by atoms with Gasteiger partial charge in [0.25, 0.3) is 0 Å². The molecule has 5 heteroatoms. The van der Waals surface area contributed by atoms with Crippen molar-refractivity contribution in [3.8, 4) is 0 Å². The lowest BCUT2D eigenvalue weighted by Crippen LogP contribution is -2.21. The summed E-state index contributed by atoms with van der Waals surface area (Å²) in [5.74, 6) is 0.772. The third-order valence-corrected chi connectivity index (χ3v) is 2.72. The number of nitrogens with zero attached hydrogens (tertiary/aromatic N) is 3. The summed E-state index contributed by atoms with van der Waals surface area (Å²) in [4.78, 5) is 10.9. The summed E-state index contributed by atoms with van der Waals surface area (Å²) in [6.07, 6.45) is 3.77. The lowest BCUT2D eigenvalue weighted by Gasteiger charge is -2.17. The normalized spacial score (nSPS) is 16.1. The predicted molar refractivity (Wildman–Crippen MR) is 60.2 cm³/mol. The van der Waals surface area contributed by atoms with Gasteiger partial charge in [-0.2, -0.15) is 0 Å². The molecule has 0 bridgehead atoms. The molecule has 16 heavy (non-hydrogen) atoms. The highest BCUT2D eigenvalue weighted by Crippen LogP contribution is 2.19. The van der Waals surface area contributed by atoms with E-state index in [1.807, 2.05) is 6.07 Å². The Labute approximate surface area is 95.4 Å². The van der Waals surface area contributed by atoms with E-state index < -0.39 is 6.29 Å². The van der Waals surface area contributed by atoms with E-state index in [0.29, 0.717) is 0 Å². The number of rotatable bonds is 4. The lowest BCUT2D eigenvalue weighted by molar-refractivity contribution is -0.108. The van der Waals surface area contributed by atoms with Crippen molar-refractivity contribution in [3.63, 3.8) is 0 Å². The number of methoxy groups -OCH3 is 2. The van der Waals surface area contributed by atoms with Crippen molar-refractivity contribution in [2.45, 2.75) is 19.1 Å². The van der Waals surface area contributed by atoms with Crippen LogP contribution in [0.1, 0.15) is 24.8 Å². The maximum absolute atomic E-state index is 5.17. The molecule has 0 aliphatic carbocycles. The van der Waals surface area contributed by atoms with Crippen molar-refractivity contribution in [1.82, 2.24) is 9.97 Å². The quantitative estimate of drug-likeness (QED) is 0.721. The van der Waals surface area contributed by atoms with E-state index in [2.05, 4.69) is 14.9 Å². The first kappa shape index (κ1) is 11.3. The zero-order valence-corrected chi connectivity index (χ0v) is 9.72. The van der Waals surface area contributed by atoms with Crippen LogP contribution in [-0.4, -0.2) is 37.3 Å². The highest BCUT2D eigenvalue weighted by Gasteiger charge is 2.17. The Morgan fingerprint density at radius 1 is 1.25 bits per heavy atom. The summed E-state index contributed by atoms with van der Waals surface area (Å²) in [7, 11) is 3.21. The second-order valence-corrected chi connectivity index (χ2v) is 3.78. The third-order valence-electron chi connectivity index (χ3n) is 2.72. The average Bonchev–Trinajstić information content (AvgIpc) is 2.85. The highest BCUT2D eigenvalue weighted by atomic mass is 16.7. The van der Waals surface area contributed by atoms with Gasteiger partial charge in [0.05, 0.1) is 0 Å². The Hall–Kier alpha value is -1.20. The summed E-state index contributed by atoms with van der Waals surface area (Å²) in [6.45, 7) is 2.07. The molecule has 1 fully saturated rings. The van der Waals surface area contributed by atoms with Crippen LogP contribution in [-0.2, 0) is 9.47 Å². The Morgan fingerprint density at radius 2 is 1.94 bits per heavy atom. The molecule has 2 rings (SSSR count). The van der Waals surface area contributed by atoms with Gasteiger partial charge in [0.2, 0.25) is 12.2 Å². The van der Waals surface area contributed by atoms with Gasteiger partial charge >= 0.3 is 0 Å². The molecule has 1 aromatic heterocycles. The highest BCUT2D eigenvalue weighted by molar-refractivity contribution is 5.31. The van der Waals surface area contributed by atoms with Crippen LogP contribution in [0.15, 0.2) is 12.3 Å². The van der Waals surface area contributed by atoms with Gasteiger partial charge in [-0.3, -0.25) is 0 Å². The standard InChI is InChI=1S/C11H17N3O2/c1-15-10(16-2)9-5-6-12-11(13-9)14-7-3-4-8-14/h5-6,10H,3-4,7-8H2,1-2H3. The monoisotopic (exact) mass is 223 g/mol. The van der Waals surface area contributed by atoms with Gasteiger partial charge in [0, 0.05) is 33.5 Å².